The Labute approximate surface area is 205 Å². The Hall–Kier alpha value is -3.39. The van der Waals surface area contributed by atoms with Gasteiger partial charge in [0.1, 0.15) is 6.61 Å². The average molecular weight is 481 g/mol. The fourth-order valence-corrected chi connectivity index (χ4v) is 5.04. The van der Waals surface area contributed by atoms with E-state index in [9.17, 15) is 19.5 Å². The van der Waals surface area contributed by atoms with Crippen molar-refractivity contribution in [2.24, 2.45) is 5.92 Å². The van der Waals surface area contributed by atoms with Crippen LogP contribution in [0.1, 0.15) is 43.2 Å². The zero-order valence-corrected chi connectivity index (χ0v) is 20.2. The van der Waals surface area contributed by atoms with E-state index in [-0.39, 0.29) is 43.7 Å². The zero-order valence-electron chi connectivity index (χ0n) is 20.2. The topological polar surface area (TPSA) is 105 Å². The first-order valence-electron chi connectivity index (χ1n) is 12.0. The standard InChI is InChI=1S/C27H32N2O6/c1-3-18(14-24(30)29-13-12-27(17-29,34-2)25(31)32)15-28-26(33)35-16-23-21-10-6-4-8-19(21)20-9-5-7-11-22(20)23/h4-11,18,23H,3,12-17H2,1-2H3,(H,28,33)(H,31,32). The number of rotatable bonds is 9. The Morgan fingerprint density at radius 2 is 1.74 bits per heavy atom. The number of nitrogens with zero attached hydrogens (tertiary/aromatic N) is 1. The van der Waals surface area contributed by atoms with Crippen LogP contribution in [-0.4, -0.2) is 66.9 Å². The number of hydrogen-bond acceptors (Lipinski definition) is 5. The molecule has 1 heterocycles. The molecule has 0 saturated carbocycles. The van der Waals surface area contributed by atoms with Gasteiger partial charge in [-0.15, -0.1) is 0 Å². The van der Waals surface area contributed by atoms with Gasteiger partial charge in [0.25, 0.3) is 0 Å². The SMILES string of the molecule is CCC(CNC(=O)OCC1c2ccccc2-c2ccccc21)CC(=O)N1CCC(OC)(C(=O)O)C1. The molecule has 4 rings (SSSR count). The number of carbonyl (C=O) groups is 3. The highest BCUT2D eigenvalue weighted by molar-refractivity contribution is 5.82. The lowest BCUT2D eigenvalue weighted by Gasteiger charge is -2.24. The summed E-state index contributed by atoms with van der Waals surface area (Å²) in [4.78, 5) is 38.3. The van der Waals surface area contributed by atoms with E-state index >= 15 is 0 Å². The van der Waals surface area contributed by atoms with Crippen LogP contribution >= 0.6 is 0 Å². The molecule has 2 aliphatic rings. The number of amides is 2. The van der Waals surface area contributed by atoms with Crippen LogP contribution in [0, 0.1) is 5.92 Å². The lowest BCUT2D eigenvalue weighted by Crippen LogP contribution is -2.44. The van der Waals surface area contributed by atoms with Gasteiger partial charge in [0, 0.05) is 39.0 Å². The number of methoxy groups -OCH3 is 1. The third-order valence-corrected chi connectivity index (χ3v) is 7.28. The molecule has 8 nitrogen and oxygen atoms in total. The van der Waals surface area contributed by atoms with E-state index < -0.39 is 17.7 Å². The third kappa shape index (κ3) is 5.03. The molecule has 2 aromatic carbocycles. The Kier molecular flexibility index (Phi) is 7.40. The molecule has 1 aliphatic carbocycles. The van der Waals surface area contributed by atoms with Gasteiger partial charge in [-0.3, -0.25) is 4.79 Å². The Morgan fingerprint density at radius 3 is 2.29 bits per heavy atom. The lowest BCUT2D eigenvalue weighted by atomic mass is 9.98. The molecule has 2 N–H and O–H groups in total. The van der Waals surface area contributed by atoms with Crippen LogP contribution in [0.2, 0.25) is 0 Å². The third-order valence-electron chi connectivity index (χ3n) is 7.28. The fourth-order valence-electron chi connectivity index (χ4n) is 5.04. The largest absolute Gasteiger partial charge is 0.479 e. The highest BCUT2D eigenvalue weighted by atomic mass is 16.5. The summed E-state index contributed by atoms with van der Waals surface area (Å²) in [5, 5.41) is 12.2. The molecule has 2 unspecified atom stereocenters. The molecule has 0 spiro atoms. The Balaban J connectivity index is 1.28. The maximum absolute atomic E-state index is 12.8. The van der Waals surface area contributed by atoms with Crippen molar-refractivity contribution >= 4 is 18.0 Å². The molecule has 0 radical (unpaired) electrons. The van der Waals surface area contributed by atoms with Crippen LogP contribution in [0.4, 0.5) is 4.79 Å². The second kappa shape index (κ2) is 10.5. The van der Waals surface area contributed by atoms with Gasteiger partial charge in [0.15, 0.2) is 5.60 Å². The first-order chi connectivity index (χ1) is 16.9. The van der Waals surface area contributed by atoms with Gasteiger partial charge in [-0.1, -0.05) is 61.9 Å². The second-order valence-electron chi connectivity index (χ2n) is 9.25. The molecule has 186 valence electrons. The van der Waals surface area contributed by atoms with Gasteiger partial charge in [0.2, 0.25) is 5.91 Å². The van der Waals surface area contributed by atoms with Crippen molar-refractivity contribution in [3.05, 3.63) is 59.7 Å². The fraction of sp³-hybridized carbons (Fsp3) is 0.444. The van der Waals surface area contributed by atoms with Crippen molar-refractivity contribution in [2.45, 2.75) is 37.7 Å². The molecule has 1 aliphatic heterocycles. The molecule has 0 aromatic heterocycles. The Bertz CT molecular complexity index is 1060. The number of carbonyl (C=O) groups excluding carboxylic acids is 2. The van der Waals surface area contributed by atoms with Gasteiger partial charge in [-0.2, -0.15) is 0 Å². The van der Waals surface area contributed by atoms with E-state index in [0.29, 0.717) is 19.5 Å². The number of likely N-dealkylation sites (tertiary alicyclic amines) is 1. The van der Waals surface area contributed by atoms with E-state index in [1.807, 2.05) is 31.2 Å². The molecule has 2 aromatic rings. The smallest absolute Gasteiger partial charge is 0.407 e. The summed E-state index contributed by atoms with van der Waals surface area (Å²) in [7, 11) is 1.36. The molecule has 35 heavy (non-hydrogen) atoms. The maximum atomic E-state index is 12.8. The minimum Gasteiger partial charge on any atom is -0.479 e. The number of hydrogen-bond donors (Lipinski definition) is 2. The zero-order chi connectivity index (χ0) is 25.0. The predicted molar refractivity (Wildman–Crippen MR) is 130 cm³/mol. The summed E-state index contributed by atoms with van der Waals surface area (Å²) in [6.45, 7) is 2.87. The number of fused-ring (bicyclic) bond motifs is 3. The van der Waals surface area contributed by atoms with Crippen molar-refractivity contribution in [1.29, 1.82) is 0 Å². The number of ether oxygens (including phenoxy) is 2. The van der Waals surface area contributed by atoms with Crippen LogP contribution in [0.5, 0.6) is 0 Å². The van der Waals surface area contributed by atoms with Crippen molar-refractivity contribution < 1.29 is 29.0 Å². The highest BCUT2D eigenvalue weighted by Crippen LogP contribution is 2.44. The van der Waals surface area contributed by atoms with Crippen LogP contribution in [0.15, 0.2) is 48.5 Å². The second-order valence-corrected chi connectivity index (χ2v) is 9.25. The average Bonchev–Trinajstić information content (AvgIpc) is 3.46. The van der Waals surface area contributed by atoms with E-state index in [1.54, 1.807) is 0 Å². The van der Waals surface area contributed by atoms with Crippen LogP contribution in [0.3, 0.4) is 0 Å². The number of alkyl carbamates (subject to hydrolysis) is 1. The molecular weight excluding hydrogens is 448 g/mol. The van der Waals surface area contributed by atoms with Gasteiger partial charge in [-0.25, -0.2) is 9.59 Å². The van der Waals surface area contributed by atoms with Crippen LogP contribution in [-0.2, 0) is 19.1 Å². The summed E-state index contributed by atoms with van der Waals surface area (Å²) in [5.41, 5.74) is 3.31. The molecule has 2 amide bonds. The van der Waals surface area contributed by atoms with Gasteiger partial charge in [-0.05, 0) is 28.2 Å². The van der Waals surface area contributed by atoms with E-state index in [0.717, 1.165) is 11.1 Å². The number of carboxylic acids is 1. The minimum atomic E-state index is -1.34. The lowest BCUT2D eigenvalue weighted by molar-refractivity contribution is -0.161. The maximum Gasteiger partial charge on any atom is 0.407 e. The number of benzene rings is 2. The summed E-state index contributed by atoms with van der Waals surface area (Å²) in [5.74, 6) is -1.28. The number of nitrogens with one attached hydrogen (secondary N) is 1. The van der Waals surface area contributed by atoms with Crippen LogP contribution in [0.25, 0.3) is 11.1 Å². The first kappa shape index (κ1) is 24.7. The summed E-state index contributed by atoms with van der Waals surface area (Å²) in [6, 6.07) is 16.3. The predicted octanol–water partition coefficient (Wildman–Crippen LogP) is 3.64. The van der Waals surface area contributed by atoms with Crippen molar-refractivity contribution in [2.75, 3.05) is 33.4 Å². The normalized spacial score (nSPS) is 19.7. The molecule has 1 fully saturated rings. The van der Waals surface area contributed by atoms with E-state index in [4.69, 9.17) is 9.47 Å². The van der Waals surface area contributed by atoms with E-state index in [1.165, 1.54) is 23.1 Å². The monoisotopic (exact) mass is 480 g/mol. The molecule has 0 bridgehead atoms. The summed E-state index contributed by atoms with van der Waals surface area (Å²) < 4.78 is 10.8. The van der Waals surface area contributed by atoms with Crippen LogP contribution < -0.4 is 5.32 Å². The van der Waals surface area contributed by atoms with Crippen molar-refractivity contribution in [1.82, 2.24) is 10.2 Å². The first-order valence-corrected chi connectivity index (χ1v) is 12.0. The summed E-state index contributed by atoms with van der Waals surface area (Å²) >= 11 is 0. The Morgan fingerprint density at radius 1 is 1.11 bits per heavy atom. The number of aliphatic carboxylic acids is 1. The van der Waals surface area contributed by atoms with E-state index in [2.05, 4.69) is 29.6 Å². The molecule has 8 heteroatoms. The minimum absolute atomic E-state index is 0.0119. The van der Waals surface area contributed by atoms with Gasteiger partial charge < -0.3 is 24.8 Å². The van der Waals surface area contributed by atoms with Crippen molar-refractivity contribution in [3.63, 3.8) is 0 Å². The molecule has 2 atom stereocenters. The highest BCUT2D eigenvalue weighted by Gasteiger charge is 2.46. The number of carboxylic acid groups (broad SMARTS) is 1. The van der Waals surface area contributed by atoms with Crippen molar-refractivity contribution in [3.8, 4) is 11.1 Å². The van der Waals surface area contributed by atoms with Gasteiger partial charge in [0.05, 0.1) is 6.54 Å². The quantitative estimate of drug-likeness (QED) is 0.568. The van der Waals surface area contributed by atoms with Gasteiger partial charge >= 0.3 is 12.1 Å². The molecule has 1 saturated heterocycles. The summed E-state index contributed by atoms with van der Waals surface area (Å²) in [6.07, 6.45) is 0.666. The molecular formula is C27H32N2O6.